The van der Waals surface area contributed by atoms with E-state index < -0.39 is 4.92 Å². The predicted octanol–water partition coefficient (Wildman–Crippen LogP) is 5.24. The number of methoxy groups -OCH3 is 2. The van der Waals surface area contributed by atoms with Gasteiger partial charge in [-0.2, -0.15) is 0 Å². The Morgan fingerprint density at radius 2 is 1.47 bits per heavy atom. The highest BCUT2D eigenvalue weighted by molar-refractivity contribution is 5.72. The van der Waals surface area contributed by atoms with Gasteiger partial charge in [-0.3, -0.25) is 10.1 Å². The van der Waals surface area contributed by atoms with Gasteiger partial charge in [0, 0.05) is 31.9 Å². The van der Waals surface area contributed by atoms with Crippen LogP contribution in [0.2, 0.25) is 0 Å². The first-order valence-corrected chi connectivity index (χ1v) is 9.41. The summed E-state index contributed by atoms with van der Waals surface area (Å²) in [5.41, 5.74) is 3.84. The molecule has 0 heterocycles. The second-order valence-electron chi connectivity index (χ2n) is 6.77. The fourth-order valence-electron chi connectivity index (χ4n) is 2.65. The summed E-state index contributed by atoms with van der Waals surface area (Å²) >= 11 is 0. The molecule has 0 unspecified atom stereocenters. The highest BCUT2D eigenvalue weighted by Gasteiger charge is 2.13. The van der Waals surface area contributed by atoms with Gasteiger partial charge < -0.3 is 18.9 Å². The number of nitrogens with zero attached hydrogens (tertiary/aromatic N) is 1. The molecule has 0 N–H and O–H groups in total. The maximum absolute atomic E-state index is 10.8. The van der Waals surface area contributed by atoms with Crippen molar-refractivity contribution >= 4 is 17.8 Å². The van der Waals surface area contributed by atoms with Gasteiger partial charge in [0.1, 0.15) is 11.5 Å². The third-order valence-corrected chi connectivity index (χ3v) is 4.14. The van der Waals surface area contributed by atoms with E-state index in [4.69, 9.17) is 18.9 Å². The molecule has 2 aromatic carbocycles. The van der Waals surface area contributed by atoms with Crippen LogP contribution < -0.4 is 9.47 Å². The topological polar surface area (TPSA) is 80.1 Å². The minimum Gasteiger partial charge on any atom is -0.467 e. The Labute approximate surface area is 176 Å². The molecule has 0 aliphatic heterocycles. The van der Waals surface area contributed by atoms with Gasteiger partial charge in [0.15, 0.2) is 13.6 Å². The van der Waals surface area contributed by atoms with E-state index in [0.717, 1.165) is 16.7 Å². The molecule has 0 aliphatic carbocycles. The SMILES string of the molecule is COCOc1cc(C=Cc2ccc([N+](=O)[O-])cc2)cc(OCOC)c1CC=C(C)C. The van der Waals surface area contributed by atoms with Crippen LogP contribution in [0.1, 0.15) is 30.5 Å². The van der Waals surface area contributed by atoms with Gasteiger partial charge in [-0.15, -0.1) is 0 Å². The van der Waals surface area contributed by atoms with Crippen LogP contribution in [0.15, 0.2) is 48.0 Å². The molecule has 0 aromatic heterocycles. The highest BCUT2D eigenvalue weighted by atomic mass is 16.7. The summed E-state index contributed by atoms with van der Waals surface area (Å²) in [6.07, 6.45) is 6.51. The summed E-state index contributed by atoms with van der Waals surface area (Å²) in [5, 5.41) is 10.8. The van der Waals surface area contributed by atoms with Crippen molar-refractivity contribution in [2.75, 3.05) is 27.8 Å². The van der Waals surface area contributed by atoms with Crippen molar-refractivity contribution in [1.82, 2.24) is 0 Å². The van der Waals surface area contributed by atoms with Crippen molar-refractivity contribution < 1.29 is 23.9 Å². The lowest BCUT2D eigenvalue weighted by molar-refractivity contribution is -0.384. The molecule has 30 heavy (non-hydrogen) atoms. The van der Waals surface area contributed by atoms with Crippen molar-refractivity contribution in [3.05, 3.63) is 74.9 Å². The molecule has 0 saturated carbocycles. The summed E-state index contributed by atoms with van der Waals surface area (Å²) in [7, 11) is 3.13. The zero-order valence-corrected chi connectivity index (χ0v) is 17.7. The van der Waals surface area contributed by atoms with Gasteiger partial charge in [0.05, 0.1) is 4.92 Å². The summed E-state index contributed by atoms with van der Waals surface area (Å²) in [6, 6.07) is 10.2. The largest absolute Gasteiger partial charge is 0.467 e. The Balaban J connectivity index is 2.39. The Kier molecular flexibility index (Phi) is 9.05. The summed E-state index contributed by atoms with van der Waals surface area (Å²) in [6.45, 7) is 4.29. The van der Waals surface area contributed by atoms with Crippen LogP contribution in [-0.4, -0.2) is 32.7 Å². The van der Waals surface area contributed by atoms with Crippen molar-refractivity contribution in [2.45, 2.75) is 20.3 Å². The number of rotatable bonds is 11. The van der Waals surface area contributed by atoms with Crippen LogP contribution in [0.4, 0.5) is 5.69 Å². The van der Waals surface area contributed by atoms with E-state index in [2.05, 4.69) is 6.08 Å². The first-order chi connectivity index (χ1) is 14.4. The van der Waals surface area contributed by atoms with Gasteiger partial charge in [0.25, 0.3) is 5.69 Å². The first-order valence-electron chi connectivity index (χ1n) is 9.41. The number of non-ortho nitro benzene ring substituents is 1. The van der Waals surface area contributed by atoms with Crippen LogP contribution in [0, 0.1) is 10.1 Å². The average molecular weight is 413 g/mol. The zero-order chi connectivity index (χ0) is 21.9. The van der Waals surface area contributed by atoms with E-state index in [1.807, 2.05) is 38.1 Å². The standard InChI is InChI=1S/C23H27NO6/c1-17(2)5-12-21-22(29-15-27-3)13-19(14-23(21)30-16-28-4)7-6-18-8-10-20(11-9-18)24(25)26/h5-11,13-14H,12,15-16H2,1-4H3. The minimum atomic E-state index is -0.419. The fourth-order valence-corrected chi connectivity index (χ4v) is 2.65. The number of allylic oxidation sites excluding steroid dienone is 2. The van der Waals surface area contributed by atoms with Gasteiger partial charge >= 0.3 is 0 Å². The molecule has 160 valence electrons. The summed E-state index contributed by atoms with van der Waals surface area (Å²) in [5.74, 6) is 1.32. The lowest BCUT2D eigenvalue weighted by Gasteiger charge is -2.16. The number of nitro benzene ring substituents is 1. The number of hydrogen-bond donors (Lipinski definition) is 0. The number of hydrogen-bond acceptors (Lipinski definition) is 6. The van der Waals surface area contributed by atoms with E-state index in [1.165, 1.54) is 17.7 Å². The van der Waals surface area contributed by atoms with E-state index in [9.17, 15) is 10.1 Å². The zero-order valence-electron chi connectivity index (χ0n) is 17.7. The molecular formula is C23H27NO6. The molecule has 0 spiro atoms. The molecule has 0 bridgehead atoms. The highest BCUT2D eigenvalue weighted by Crippen LogP contribution is 2.33. The molecule has 7 nitrogen and oxygen atoms in total. The maximum atomic E-state index is 10.8. The third kappa shape index (κ3) is 7.02. The molecule has 0 amide bonds. The van der Waals surface area contributed by atoms with Crippen molar-refractivity contribution in [1.29, 1.82) is 0 Å². The van der Waals surface area contributed by atoms with Crippen molar-refractivity contribution in [3.63, 3.8) is 0 Å². The van der Waals surface area contributed by atoms with Crippen molar-refractivity contribution in [2.24, 2.45) is 0 Å². The molecular weight excluding hydrogens is 386 g/mol. The van der Waals surface area contributed by atoms with Gasteiger partial charge in [-0.1, -0.05) is 23.8 Å². The Hall–Kier alpha value is -3.16. The molecule has 0 radical (unpaired) electrons. The second-order valence-corrected chi connectivity index (χ2v) is 6.77. The van der Waals surface area contributed by atoms with Crippen LogP contribution in [0.3, 0.4) is 0 Å². The Bertz CT molecular complexity index is 869. The maximum Gasteiger partial charge on any atom is 0.269 e. The third-order valence-electron chi connectivity index (χ3n) is 4.14. The molecule has 0 saturated heterocycles. The van der Waals surface area contributed by atoms with Crippen molar-refractivity contribution in [3.8, 4) is 11.5 Å². The molecule has 2 rings (SSSR count). The van der Waals surface area contributed by atoms with Crippen LogP contribution in [-0.2, 0) is 15.9 Å². The normalized spacial score (nSPS) is 10.8. The van der Waals surface area contributed by atoms with Gasteiger partial charge in [0.2, 0.25) is 0 Å². The molecule has 0 aliphatic rings. The molecule has 0 atom stereocenters. The Morgan fingerprint density at radius 1 is 0.933 bits per heavy atom. The second kappa shape index (κ2) is 11.7. The predicted molar refractivity (Wildman–Crippen MR) is 117 cm³/mol. The number of nitro groups is 1. The number of ether oxygens (including phenoxy) is 4. The fraction of sp³-hybridized carbons (Fsp3) is 0.304. The van der Waals surface area contributed by atoms with E-state index in [-0.39, 0.29) is 19.3 Å². The smallest absolute Gasteiger partial charge is 0.269 e. The molecule has 2 aromatic rings. The molecule has 0 fully saturated rings. The number of benzene rings is 2. The quantitative estimate of drug-likeness (QED) is 0.165. The van der Waals surface area contributed by atoms with Crippen LogP contribution >= 0.6 is 0 Å². The monoisotopic (exact) mass is 413 g/mol. The van der Waals surface area contributed by atoms with Crippen LogP contribution in [0.25, 0.3) is 12.2 Å². The molecule has 7 heteroatoms. The lowest BCUT2D eigenvalue weighted by atomic mass is 10.0. The van der Waals surface area contributed by atoms with E-state index in [1.54, 1.807) is 26.4 Å². The van der Waals surface area contributed by atoms with E-state index in [0.29, 0.717) is 17.9 Å². The first kappa shape index (κ1) is 23.1. The Morgan fingerprint density at radius 3 is 1.93 bits per heavy atom. The van der Waals surface area contributed by atoms with Gasteiger partial charge in [-0.05, 0) is 55.7 Å². The summed E-state index contributed by atoms with van der Waals surface area (Å²) < 4.78 is 21.7. The summed E-state index contributed by atoms with van der Waals surface area (Å²) in [4.78, 5) is 10.4. The average Bonchev–Trinajstić information content (AvgIpc) is 2.73. The minimum absolute atomic E-state index is 0.0567. The van der Waals surface area contributed by atoms with Gasteiger partial charge in [-0.25, -0.2) is 0 Å². The van der Waals surface area contributed by atoms with E-state index >= 15 is 0 Å². The lowest BCUT2D eigenvalue weighted by Crippen LogP contribution is -2.06. The van der Waals surface area contributed by atoms with Crippen LogP contribution in [0.5, 0.6) is 11.5 Å².